The lowest BCUT2D eigenvalue weighted by molar-refractivity contribution is -0.125. The van der Waals surface area contributed by atoms with Crippen LogP contribution in [0.15, 0.2) is 30.3 Å². The first-order valence-corrected chi connectivity index (χ1v) is 9.62. The first kappa shape index (κ1) is 19.2. The minimum atomic E-state index is -0.437. The number of carbonyl (C=O) groups is 2. The molecular weight excluding hydrogens is 340 g/mol. The van der Waals surface area contributed by atoms with Gasteiger partial charge in [-0.05, 0) is 51.7 Å². The first-order chi connectivity index (χ1) is 12.9. The Morgan fingerprint density at radius 1 is 1.19 bits per heavy atom. The van der Waals surface area contributed by atoms with E-state index in [4.69, 9.17) is 4.74 Å². The van der Waals surface area contributed by atoms with Gasteiger partial charge in [0.05, 0.1) is 11.6 Å². The first-order valence-electron chi connectivity index (χ1n) is 9.62. The van der Waals surface area contributed by atoms with Crippen molar-refractivity contribution in [1.29, 1.82) is 0 Å². The molecule has 5 nitrogen and oxygen atoms in total. The number of aryl methyl sites for hydroxylation is 2. The Morgan fingerprint density at radius 3 is 2.44 bits per heavy atom. The van der Waals surface area contributed by atoms with Crippen molar-refractivity contribution in [1.82, 2.24) is 9.88 Å². The number of nitrogens with zero attached hydrogens (tertiary/aromatic N) is 1. The van der Waals surface area contributed by atoms with E-state index in [2.05, 4.69) is 9.88 Å². The van der Waals surface area contributed by atoms with E-state index in [1.54, 1.807) is 0 Å². The van der Waals surface area contributed by atoms with Gasteiger partial charge in [-0.15, -0.1) is 0 Å². The maximum atomic E-state index is 12.4. The van der Waals surface area contributed by atoms with Crippen LogP contribution in [0.1, 0.15) is 71.1 Å². The molecule has 0 bridgehead atoms. The van der Waals surface area contributed by atoms with Gasteiger partial charge in [-0.3, -0.25) is 4.79 Å². The van der Waals surface area contributed by atoms with Crippen molar-refractivity contribution >= 4 is 11.9 Å². The summed E-state index contributed by atoms with van der Waals surface area (Å²) < 4.78 is 7.47. The molecular formula is C22H28N2O3. The molecule has 2 aromatic rings. The van der Waals surface area contributed by atoms with E-state index in [-0.39, 0.29) is 18.6 Å². The van der Waals surface area contributed by atoms with Gasteiger partial charge in [0.25, 0.3) is 5.91 Å². The van der Waals surface area contributed by atoms with Gasteiger partial charge < -0.3 is 14.6 Å². The van der Waals surface area contributed by atoms with E-state index in [0.717, 1.165) is 36.2 Å². The predicted octanol–water partition coefficient (Wildman–Crippen LogP) is 4.17. The van der Waals surface area contributed by atoms with Crippen molar-refractivity contribution in [3.05, 3.63) is 58.4 Å². The molecule has 1 saturated carbocycles. The summed E-state index contributed by atoms with van der Waals surface area (Å²) in [6.45, 7) is 7.72. The Labute approximate surface area is 160 Å². The number of hydrogen-bond donors (Lipinski definition) is 1. The minimum absolute atomic E-state index is 0.0864. The molecule has 1 aliphatic rings. The second kappa shape index (κ2) is 7.99. The van der Waals surface area contributed by atoms with Crippen molar-refractivity contribution < 1.29 is 14.3 Å². The van der Waals surface area contributed by atoms with E-state index < -0.39 is 5.97 Å². The lowest BCUT2D eigenvalue weighted by Crippen LogP contribution is -2.32. The lowest BCUT2D eigenvalue weighted by atomic mass is 10.0. The van der Waals surface area contributed by atoms with Gasteiger partial charge in [0.15, 0.2) is 6.61 Å². The standard InChI is InChI=1S/C22H28N2O3/c1-5-20(17-8-6-14(2)7-9-17)23-21(25)13-27-22(26)19-12-15(3)24(16(19)4)18-10-11-18/h6-9,12,18,20H,5,10-11,13H2,1-4H3,(H,23,25)/t20-/m0/s1. The highest BCUT2D eigenvalue weighted by Crippen LogP contribution is 2.38. The number of aromatic nitrogens is 1. The van der Waals surface area contributed by atoms with Crippen molar-refractivity contribution in [3.63, 3.8) is 0 Å². The number of hydrogen-bond acceptors (Lipinski definition) is 3. The third-order valence-electron chi connectivity index (χ3n) is 5.17. The van der Waals surface area contributed by atoms with Gasteiger partial charge in [-0.25, -0.2) is 4.79 Å². The zero-order valence-electron chi connectivity index (χ0n) is 16.5. The summed E-state index contributed by atoms with van der Waals surface area (Å²) in [6, 6.07) is 10.4. The number of amides is 1. The molecule has 1 fully saturated rings. The highest BCUT2D eigenvalue weighted by atomic mass is 16.5. The van der Waals surface area contributed by atoms with Crippen LogP contribution in [-0.4, -0.2) is 23.1 Å². The number of esters is 1. The maximum Gasteiger partial charge on any atom is 0.340 e. The predicted molar refractivity (Wildman–Crippen MR) is 105 cm³/mol. The molecule has 0 spiro atoms. The van der Waals surface area contributed by atoms with Gasteiger partial charge >= 0.3 is 5.97 Å². The van der Waals surface area contributed by atoms with Crippen LogP contribution in [-0.2, 0) is 9.53 Å². The maximum absolute atomic E-state index is 12.4. The molecule has 1 N–H and O–H groups in total. The zero-order valence-corrected chi connectivity index (χ0v) is 16.5. The Bertz CT molecular complexity index is 832. The summed E-state index contributed by atoms with van der Waals surface area (Å²) in [6.07, 6.45) is 3.08. The van der Waals surface area contributed by atoms with Crippen LogP contribution >= 0.6 is 0 Å². The van der Waals surface area contributed by atoms with Crippen molar-refractivity contribution in [3.8, 4) is 0 Å². The Morgan fingerprint density at radius 2 is 1.85 bits per heavy atom. The summed E-state index contributed by atoms with van der Waals surface area (Å²) in [4.78, 5) is 24.7. The summed E-state index contributed by atoms with van der Waals surface area (Å²) in [7, 11) is 0. The monoisotopic (exact) mass is 368 g/mol. The molecule has 0 aliphatic heterocycles. The van der Waals surface area contributed by atoms with E-state index >= 15 is 0 Å². The van der Waals surface area contributed by atoms with Gasteiger partial charge in [-0.1, -0.05) is 36.8 Å². The van der Waals surface area contributed by atoms with Crippen molar-refractivity contribution in [2.24, 2.45) is 0 Å². The second-order valence-corrected chi connectivity index (χ2v) is 7.40. The summed E-state index contributed by atoms with van der Waals surface area (Å²) >= 11 is 0. The van der Waals surface area contributed by atoms with Crippen LogP contribution < -0.4 is 5.32 Å². The number of ether oxygens (including phenoxy) is 1. The number of nitrogens with one attached hydrogen (secondary N) is 1. The third-order valence-corrected chi connectivity index (χ3v) is 5.17. The quantitative estimate of drug-likeness (QED) is 0.746. The molecule has 1 aromatic heterocycles. The van der Waals surface area contributed by atoms with Gasteiger partial charge in [0.1, 0.15) is 0 Å². The molecule has 5 heteroatoms. The van der Waals surface area contributed by atoms with Crippen LogP contribution in [0.25, 0.3) is 0 Å². The smallest absolute Gasteiger partial charge is 0.340 e. The highest BCUT2D eigenvalue weighted by Gasteiger charge is 2.29. The third kappa shape index (κ3) is 4.41. The highest BCUT2D eigenvalue weighted by molar-refractivity contribution is 5.92. The summed E-state index contributed by atoms with van der Waals surface area (Å²) in [5.41, 5.74) is 4.77. The average Bonchev–Trinajstić information content (AvgIpc) is 3.43. The molecule has 1 atom stereocenters. The average molecular weight is 368 g/mol. The zero-order chi connectivity index (χ0) is 19.6. The van der Waals surface area contributed by atoms with Crippen LogP contribution in [0.3, 0.4) is 0 Å². The SMILES string of the molecule is CC[C@H](NC(=O)COC(=O)c1cc(C)n(C2CC2)c1C)c1ccc(C)cc1. The van der Waals surface area contributed by atoms with Gasteiger partial charge in [0.2, 0.25) is 0 Å². The molecule has 1 heterocycles. The van der Waals surface area contributed by atoms with Crippen molar-refractivity contribution in [2.45, 2.75) is 59.0 Å². The summed E-state index contributed by atoms with van der Waals surface area (Å²) in [5, 5.41) is 2.95. The fraction of sp³-hybridized carbons (Fsp3) is 0.455. The normalized spacial score (nSPS) is 14.7. The van der Waals surface area contributed by atoms with Crippen LogP contribution in [0.2, 0.25) is 0 Å². The topological polar surface area (TPSA) is 60.3 Å². The van der Waals surface area contributed by atoms with E-state index in [1.807, 2.05) is 58.0 Å². The lowest BCUT2D eigenvalue weighted by Gasteiger charge is -2.17. The molecule has 0 radical (unpaired) electrons. The Kier molecular flexibility index (Phi) is 5.68. The Balaban J connectivity index is 1.57. The van der Waals surface area contributed by atoms with Crippen LogP contribution in [0.5, 0.6) is 0 Å². The number of carbonyl (C=O) groups excluding carboxylic acids is 2. The number of rotatable bonds is 7. The molecule has 27 heavy (non-hydrogen) atoms. The second-order valence-electron chi connectivity index (χ2n) is 7.40. The summed E-state index contributed by atoms with van der Waals surface area (Å²) in [5.74, 6) is -0.722. The van der Waals surface area contributed by atoms with E-state index in [0.29, 0.717) is 11.6 Å². The van der Waals surface area contributed by atoms with Gasteiger partial charge in [0, 0.05) is 17.4 Å². The molecule has 144 valence electrons. The van der Waals surface area contributed by atoms with Gasteiger partial charge in [-0.2, -0.15) is 0 Å². The van der Waals surface area contributed by atoms with Crippen LogP contribution in [0.4, 0.5) is 0 Å². The molecule has 3 rings (SSSR count). The fourth-order valence-corrected chi connectivity index (χ4v) is 3.54. The van der Waals surface area contributed by atoms with Crippen LogP contribution in [0, 0.1) is 20.8 Å². The number of benzene rings is 1. The minimum Gasteiger partial charge on any atom is -0.452 e. The molecule has 1 amide bonds. The fourth-order valence-electron chi connectivity index (χ4n) is 3.54. The largest absolute Gasteiger partial charge is 0.452 e. The molecule has 1 aromatic carbocycles. The molecule has 0 unspecified atom stereocenters. The Hall–Kier alpha value is -2.56. The molecule has 1 aliphatic carbocycles. The van der Waals surface area contributed by atoms with E-state index in [1.165, 1.54) is 5.56 Å². The van der Waals surface area contributed by atoms with Crippen molar-refractivity contribution in [2.75, 3.05) is 6.61 Å². The molecule has 0 saturated heterocycles. The van der Waals surface area contributed by atoms with E-state index in [9.17, 15) is 9.59 Å².